The van der Waals surface area contributed by atoms with E-state index in [0.717, 1.165) is 0 Å². The zero-order valence-corrected chi connectivity index (χ0v) is 20.0. The summed E-state index contributed by atoms with van der Waals surface area (Å²) in [5.74, 6) is 0.0324. The summed E-state index contributed by atoms with van der Waals surface area (Å²) >= 11 is 6.09. The van der Waals surface area contributed by atoms with Crippen molar-refractivity contribution >= 4 is 38.9 Å². The number of carbonyl (C=O) groups is 1. The molecule has 0 unspecified atom stereocenters. The molecule has 10 nitrogen and oxygen atoms in total. The Morgan fingerprint density at radius 1 is 1.15 bits per heavy atom. The van der Waals surface area contributed by atoms with Crippen molar-refractivity contribution in [3.63, 3.8) is 0 Å². The van der Waals surface area contributed by atoms with Crippen LogP contribution < -0.4 is 15.4 Å². The predicted molar refractivity (Wildman–Crippen MR) is 127 cm³/mol. The summed E-state index contributed by atoms with van der Waals surface area (Å²) in [6.07, 6.45) is 2.89. The summed E-state index contributed by atoms with van der Waals surface area (Å²) in [5.41, 5.74) is 1.42. The first-order valence-electron chi connectivity index (χ1n) is 10.2. The molecule has 2 N–H and O–H groups in total. The largest absolute Gasteiger partial charge is 0.495 e. The Bertz CT molecular complexity index is 1210. The monoisotopic (exact) mass is 492 g/mol. The minimum atomic E-state index is -3.66. The summed E-state index contributed by atoms with van der Waals surface area (Å²) in [6.45, 7) is 4.11. The van der Waals surface area contributed by atoms with Crippen LogP contribution in [-0.4, -0.2) is 60.1 Å². The van der Waals surface area contributed by atoms with Crippen LogP contribution in [0.25, 0.3) is 5.69 Å². The standard InChI is InChI=1S/C21H25ClN6O4S/c1-4-27(5-2)33(30,31)16-7-9-20(32-3)18(11-16)24-12-21(29)26-17-10-15(22)6-8-19(17)28-14-23-13-25-28/h6-11,13-14,24H,4-5,12H2,1-3H3,(H,26,29). The van der Waals surface area contributed by atoms with E-state index >= 15 is 0 Å². The van der Waals surface area contributed by atoms with Gasteiger partial charge in [0.1, 0.15) is 18.4 Å². The van der Waals surface area contributed by atoms with E-state index < -0.39 is 10.0 Å². The van der Waals surface area contributed by atoms with E-state index in [4.69, 9.17) is 16.3 Å². The number of ether oxygens (including phenoxy) is 1. The lowest BCUT2D eigenvalue weighted by atomic mass is 10.2. The van der Waals surface area contributed by atoms with E-state index in [9.17, 15) is 13.2 Å². The number of nitrogens with zero attached hydrogens (tertiary/aromatic N) is 4. The molecule has 0 atom stereocenters. The van der Waals surface area contributed by atoms with Gasteiger partial charge in [0.25, 0.3) is 0 Å². The van der Waals surface area contributed by atoms with E-state index in [1.54, 1.807) is 38.1 Å². The third-order valence-electron chi connectivity index (χ3n) is 4.85. The molecule has 0 aliphatic heterocycles. The van der Waals surface area contributed by atoms with Crippen molar-refractivity contribution in [3.05, 3.63) is 54.1 Å². The van der Waals surface area contributed by atoms with E-state index in [-0.39, 0.29) is 17.3 Å². The number of hydrogen-bond donors (Lipinski definition) is 2. The molecule has 0 aliphatic carbocycles. The van der Waals surface area contributed by atoms with Crippen molar-refractivity contribution in [2.24, 2.45) is 0 Å². The molecule has 0 saturated carbocycles. The van der Waals surface area contributed by atoms with Crippen molar-refractivity contribution in [2.75, 3.05) is 37.4 Å². The molecule has 0 saturated heterocycles. The molecule has 3 aromatic rings. The first kappa shape index (κ1) is 24.5. The van der Waals surface area contributed by atoms with Crippen LogP contribution in [0.4, 0.5) is 11.4 Å². The average Bonchev–Trinajstić information content (AvgIpc) is 3.33. The second kappa shape index (κ2) is 10.6. The van der Waals surface area contributed by atoms with Gasteiger partial charge in [-0.1, -0.05) is 25.4 Å². The first-order chi connectivity index (χ1) is 15.8. The third-order valence-corrected chi connectivity index (χ3v) is 7.13. The third kappa shape index (κ3) is 5.62. The molecule has 12 heteroatoms. The quantitative estimate of drug-likeness (QED) is 0.446. The Kier molecular flexibility index (Phi) is 7.90. The number of halogens is 1. The summed E-state index contributed by atoms with van der Waals surface area (Å²) in [4.78, 5) is 16.7. The summed E-state index contributed by atoms with van der Waals surface area (Å²) in [5, 5.41) is 10.3. The van der Waals surface area contributed by atoms with Gasteiger partial charge in [-0.15, -0.1) is 0 Å². The molecule has 0 aliphatic rings. The van der Waals surface area contributed by atoms with Gasteiger partial charge in [-0.3, -0.25) is 4.79 Å². The van der Waals surface area contributed by atoms with Crippen molar-refractivity contribution < 1.29 is 17.9 Å². The van der Waals surface area contributed by atoms with E-state index in [1.807, 2.05) is 0 Å². The molecule has 1 aromatic heterocycles. The molecule has 0 bridgehead atoms. The van der Waals surface area contributed by atoms with Gasteiger partial charge in [0.05, 0.1) is 35.6 Å². The van der Waals surface area contributed by atoms with Crippen molar-refractivity contribution in [2.45, 2.75) is 18.7 Å². The van der Waals surface area contributed by atoms with Gasteiger partial charge in [0.15, 0.2) is 0 Å². The summed E-state index contributed by atoms with van der Waals surface area (Å²) in [6, 6.07) is 9.49. The van der Waals surface area contributed by atoms with Crippen LogP contribution in [0, 0.1) is 0 Å². The number of methoxy groups -OCH3 is 1. The highest BCUT2D eigenvalue weighted by atomic mass is 35.5. The number of hydrogen-bond acceptors (Lipinski definition) is 7. The predicted octanol–water partition coefficient (Wildman–Crippen LogP) is 3.01. The van der Waals surface area contributed by atoms with Gasteiger partial charge in [0, 0.05) is 18.1 Å². The highest BCUT2D eigenvalue weighted by molar-refractivity contribution is 7.89. The van der Waals surface area contributed by atoms with Crippen LogP contribution in [0.15, 0.2) is 53.9 Å². The number of aromatic nitrogens is 3. The van der Waals surface area contributed by atoms with Crippen LogP contribution in [0.1, 0.15) is 13.8 Å². The lowest BCUT2D eigenvalue weighted by Crippen LogP contribution is -2.30. The molecule has 2 aromatic carbocycles. The molecule has 3 rings (SSSR count). The maximum Gasteiger partial charge on any atom is 0.243 e. The van der Waals surface area contributed by atoms with Crippen LogP contribution in [0.2, 0.25) is 5.02 Å². The number of rotatable bonds is 10. The van der Waals surface area contributed by atoms with E-state index in [2.05, 4.69) is 20.7 Å². The van der Waals surface area contributed by atoms with Gasteiger partial charge >= 0.3 is 0 Å². The fourth-order valence-electron chi connectivity index (χ4n) is 3.21. The highest BCUT2D eigenvalue weighted by Crippen LogP contribution is 2.29. The first-order valence-corrected chi connectivity index (χ1v) is 12.0. The number of carbonyl (C=O) groups excluding carboxylic acids is 1. The second-order valence-electron chi connectivity index (χ2n) is 6.85. The Hall–Kier alpha value is -3.15. The molecule has 0 spiro atoms. The maximum absolute atomic E-state index is 12.9. The number of benzene rings is 2. The van der Waals surface area contributed by atoms with Crippen LogP contribution in [0.3, 0.4) is 0 Å². The van der Waals surface area contributed by atoms with Crippen LogP contribution in [0.5, 0.6) is 5.75 Å². The van der Waals surface area contributed by atoms with Gasteiger partial charge in [-0.25, -0.2) is 18.1 Å². The van der Waals surface area contributed by atoms with Crippen LogP contribution in [-0.2, 0) is 14.8 Å². The van der Waals surface area contributed by atoms with E-state index in [1.165, 1.54) is 40.9 Å². The zero-order valence-electron chi connectivity index (χ0n) is 18.4. The molecule has 33 heavy (non-hydrogen) atoms. The number of amides is 1. The zero-order chi connectivity index (χ0) is 24.0. The fraction of sp³-hybridized carbons (Fsp3) is 0.286. The van der Waals surface area contributed by atoms with E-state index in [0.29, 0.717) is 40.9 Å². The SMILES string of the molecule is CCN(CC)S(=O)(=O)c1ccc(OC)c(NCC(=O)Nc2cc(Cl)ccc2-n2cncn2)c1. The Labute approximate surface area is 197 Å². The number of anilines is 2. The minimum Gasteiger partial charge on any atom is -0.495 e. The summed E-state index contributed by atoms with van der Waals surface area (Å²) < 4.78 is 33.9. The Morgan fingerprint density at radius 3 is 2.55 bits per heavy atom. The lowest BCUT2D eigenvalue weighted by molar-refractivity contribution is -0.114. The molecule has 0 radical (unpaired) electrons. The topological polar surface area (TPSA) is 118 Å². The molecular weight excluding hydrogens is 468 g/mol. The Morgan fingerprint density at radius 2 is 1.91 bits per heavy atom. The van der Waals surface area contributed by atoms with Crippen molar-refractivity contribution in [1.29, 1.82) is 0 Å². The highest BCUT2D eigenvalue weighted by Gasteiger charge is 2.23. The number of sulfonamides is 1. The molecular formula is C21H25ClN6O4S. The van der Waals surface area contributed by atoms with Gasteiger partial charge in [-0.2, -0.15) is 9.40 Å². The van der Waals surface area contributed by atoms with Gasteiger partial charge in [0.2, 0.25) is 15.9 Å². The van der Waals surface area contributed by atoms with Crippen molar-refractivity contribution in [1.82, 2.24) is 19.1 Å². The van der Waals surface area contributed by atoms with Crippen molar-refractivity contribution in [3.8, 4) is 11.4 Å². The second-order valence-corrected chi connectivity index (χ2v) is 9.23. The molecule has 176 valence electrons. The van der Waals surface area contributed by atoms with Gasteiger partial charge in [-0.05, 0) is 36.4 Å². The molecule has 0 fully saturated rings. The van der Waals surface area contributed by atoms with Gasteiger partial charge < -0.3 is 15.4 Å². The summed E-state index contributed by atoms with van der Waals surface area (Å²) in [7, 11) is -2.20. The maximum atomic E-state index is 12.9. The minimum absolute atomic E-state index is 0.109. The number of nitrogens with one attached hydrogen (secondary N) is 2. The van der Waals surface area contributed by atoms with Crippen LogP contribution >= 0.6 is 11.6 Å². The smallest absolute Gasteiger partial charge is 0.243 e. The average molecular weight is 493 g/mol. The Balaban J connectivity index is 1.79. The lowest BCUT2D eigenvalue weighted by Gasteiger charge is -2.20. The molecule has 1 heterocycles. The fourth-order valence-corrected chi connectivity index (χ4v) is 4.87. The molecule has 1 amide bonds. The normalized spacial score (nSPS) is 11.4.